The molecule has 0 saturated heterocycles. The zero-order valence-electron chi connectivity index (χ0n) is 17.0. The van der Waals surface area contributed by atoms with Crippen LogP contribution in [-0.4, -0.2) is 29.1 Å². The van der Waals surface area contributed by atoms with Crippen LogP contribution >= 0.6 is 0 Å². The molecule has 1 N–H and O–H groups in total. The SMILES string of the molecule is COc1ccc(CCNC(=O)Cn2c(Cc3ccccc3)nc3ccccc32)cc1. The van der Waals surface area contributed by atoms with Crippen molar-refractivity contribution in [3.8, 4) is 5.75 Å². The fraction of sp³-hybridized carbons (Fsp3) is 0.200. The van der Waals surface area contributed by atoms with Crippen LogP contribution in [0.5, 0.6) is 5.75 Å². The zero-order valence-corrected chi connectivity index (χ0v) is 17.0. The number of nitrogens with zero attached hydrogens (tertiary/aromatic N) is 2. The van der Waals surface area contributed by atoms with Crippen molar-refractivity contribution >= 4 is 16.9 Å². The van der Waals surface area contributed by atoms with Gasteiger partial charge in [0.25, 0.3) is 0 Å². The molecule has 1 heterocycles. The summed E-state index contributed by atoms with van der Waals surface area (Å²) >= 11 is 0. The summed E-state index contributed by atoms with van der Waals surface area (Å²) in [5.74, 6) is 1.72. The number of fused-ring (bicyclic) bond motifs is 1. The summed E-state index contributed by atoms with van der Waals surface area (Å²) < 4.78 is 7.20. The van der Waals surface area contributed by atoms with E-state index in [4.69, 9.17) is 9.72 Å². The first-order valence-corrected chi connectivity index (χ1v) is 10.1. The van der Waals surface area contributed by atoms with Crippen LogP contribution in [0.1, 0.15) is 17.0 Å². The quantitative estimate of drug-likeness (QED) is 0.487. The van der Waals surface area contributed by atoms with E-state index >= 15 is 0 Å². The summed E-state index contributed by atoms with van der Waals surface area (Å²) in [6.07, 6.45) is 1.46. The molecule has 0 aliphatic heterocycles. The molecule has 0 atom stereocenters. The molecule has 4 aromatic rings. The number of hydrogen-bond donors (Lipinski definition) is 1. The summed E-state index contributed by atoms with van der Waals surface area (Å²) in [4.78, 5) is 17.4. The molecule has 152 valence electrons. The molecule has 0 spiro atoms. The monoisotopic (exact) mass is 399 g/mol. The Balaban J connectivity index is 1.44. The van der Waals surface area contributed by atoms with E-state index in [0.29, 0.717) is 13.0 Å². The van der Waals surface area contributed by atoms with Crippen LogP contribution in [-0.2, 0) is 24.2 Å². The molecule has 0 aliphatic rings. The first kappa shape index (κ1) is 19.7. The summed E-state index contributed by atoms with van der Waals surface area (Å²) in [6.45, 7) is 0.844. The Morgan fingerprint density at radius 2 is 1.67 bits per heavy atom. The average Bonchev–Trinajstić information content (AvgIpc) is 3.12. The highest BCUT2D eigenvalue weighted by molar-refractivity contribution is 5.81. The average molecular weight is 399 g/mol. The molecule has 0 saturated carbocycles. The molecule has 0 unspecified atom stereocenters. The molecule has 3 aromatic carbocycles. The summed E-state index contributed by atoms with van der Waals surface area (Å²) in [7, 11) is 1.65. The predicted octanol–water partition coefficient (Wildman–Crippen LogP) is 3.99. The van der Waals surface area contributed by atoms with Gasteiger partial charge in [-0.1, -0.05) is 54.6 Å². The molecular weight excluding hydrogens is 374 g/mol. The van der Waals surface area contributed by atoms with Gasteiger partial charge in [0, 0.05) is 13.0 Å². The summed E-state index contributed by atoms with van der Waals surface area (Å²) in [5, 5.41) is 3.04. The number of imidazole rings is 1. The van der Waals surface area contributed by atoms with Crippen molar-refractivity contribution in [2.24, 2.45) is 0 Å². The third-order valence-corrected chi connectivity index (χ3v) is 5.14. The number of aromatic nitrogens is 2. The van der Waals surface area contributed by atoms with Gasteiger partial charge in [0.15, 0.2) is 0 Å². The highest BCUT2D eigenvalue weighted by atomic mass is 16.5. The Morgan fingerprint density at radius 3 is 2.43 bits per heavy atom. The van der Waals surface area contributed by atoms with Crippen molar-refractivity contribution in [2.45, 2.75) is 19.4 Å². The molecule has 0 bridgehead atoms. The van der Waals surface area contributed by atoms with Gasteiger partial charge in [-0.3, -0.25) is 4.79 Å². The van der Waals surface area contributed by atoms with Crippen LogP contribution in [0.25, 0.3) is 11.0 Å². The minimum atomic E-state index is -0.0130. The van der Waals surface area contributed by atoms with E-state index in [1.807, 2.05) is 71.3 Å². The second-order valence-electron chi connectivity index (χ2n) is 7.21. The Hall–Kier alpha value is -3.60. The van der Waals surface area contributed by atoms with Gasteiger partial charge in [-0.15, -0.1) is 0 Å². The maximum absolute atomic E-state index is 12.7. The van der Waals surface area contributed by atoms with Gasteiger partial charge in [0.2, 0.25) is 5.91 Å². The highest BCUT2D eigenvalue weighted by Crippen LogP contribution is 2.18. The molecule has 0 fully saturated rings. The van der Waals surface area contributed by atoms with Crippen molar-refractivity contribution in [1.82, 2.24) is 14.9 Å². The van der Waals surface area contributed by atoms with Crippen LogP contribution in [0.3, 0.4) is 0 Å². The van der Waals surface area contributed by atoms with E-state index in [1.54, 1.807) is 7.11 Å². The first-order valence-electron chi connectivity index (χ1n) is 10.1. The van der Waals surface area contributed by atoms with Gasteiger partial charge in [-0.2, -0.15) is 0 Å². The number of para-hydroxylation sites is 2. The largest absolute Gasteiger partial charge is 0.497 e. The van der Waals surface area contributed by atoms with Crippen LogP contribution in [0.4, 0.5) is 0 Å². The van der Waals surface area contributed by atoms with Gasteiger partial charge in [-0.05, 0) is 41.8 Å². The van der Waals surface area contributed by atoms with Crippen molar-refractivity contribution < 1.29 is 9.53 Å². The number of benzene rings is 3. The summed E-state index contributed by atoms with van der Waals surface area (Å²) in [5.41, 5.74) is 4.23. The topological polar surface area (TPSA) is 56.1 Å². The van der Waals surface area contributed by atoms with Crippen LogP contribution in [0.15, 0.2) is 78.9 Å². The van der Waals surface area contributed by atoms with Gasteiger partial charge in [-0.25, -0.2) is 4.98 Å². The number of amides is 1. The fourth-order valence-electron chi connectivity index (χ4n) is 3.55. The Labute approximate surface area is 176 Å². The molecule has 0 radical (unpaired) electrons. The third-order valence-electron chi connectivity index (χ3n) is 5.14. The molecule has 30 heavy (non-hydrogen) atoms. The van der Waals surface area contributed by atoms with Crippen molar-refractivity contribution in [3.05, 3.63) is 95.8 Å². The van der Waals surface area contributed by atoms with Gasteiger partial charge in [0.05, 0.1) is 18.1 Å². The van der Waals surface area contributed by atoms with E-state index in [2.05, 4.69) is 17.4 Å². The smallest absolute Gasteiger partial charge is 0.240 e. The minimum absolute atomic E-state index is 0.0130. The van der Waals surface area contributed by atoms with Gasteiger partial charge < -0.3 is 14.6 Å². The lowest BCUT2D eigenvalue weighted by Gasteiger charge is -2.10. The number of nitrogens with one attached hydrogen (secondary N) is 1. The Morgan fingerprint density at radius 1 is 0.933 bits per heavy atom. The molecule has 5 heteroatoms. The van der Waals surface area contributed by atoms with E-state index in [-0.39, 0.29) is 12.5 Å². The van der Waals surface area contributed by atoms with Crippen LogP contribution in [0.2, 0.25) is 0 Å². The lowest BCUT2D eigenvalue weighted by atomic mass is 10.1. The number of hydrogen-bond acceptors (Lipinski definition) is 3. The zero-order chi connectivity index (χ0) is 20.8. The minimum Gasteiger partial charge on any atom is -0.497 e. The summed E-state index contributed by atoms with van der Waals surface area (Å²) in [6, 6.07) is 26.1. The standard InChI is InChI=1S/C25H25N3O2/c1-30-21-13-11-19(12-14-21)15-16-26-25(29)18-28-23-10-6-5-9-22(23)27-24(28)17-20-7-3-2-4-8-20/h2-14H,15-18H2,1H3,(H,26,29). The lowest BCUT2D eigenvalue weighted by molar-refractivity contribution is -0.121. The van der Waals surface area contributed by atoms with Crippen LogP contribution < -0.4 is 10.1 Å². The third kappa shape index (κ3) is 4.69. The van der Waals surface area contributed by atoms with E-state index in [9.17, 15) is 4.79 Å². The van der Waals surface area contributed by atoms with Crippen molar-refractivity contribution in [1.29, 1.82) is 0 Å². The molecular formula is C25H25N3O2. The lowest BCUT2D eigenvalue weighted by Crippen LogP contribution is -2.30. The molecule has 0 aliphatic carbocycles. The number of rotatable bonds is 8. The Bertz CT molecular complexity index is 1120. The van der Waals surface area contributed by atoms with Crippen molar-refractivity contribution in [3.63, 3.8) is 0 Å². The molecule has 1 aromatic heterocycles. The number of methoxy groups -OCH3 is 1. The van der Waals surface area contributed by atoms with Crippen LogP contribution in [0, 0.1) is 0 Å². The Kier molecular flexibility index (Phi) is 6.09. The van der Waals surface area contributed by atoms with Gasteiger partial charge >= 0.3 is 0 Å². The molecule has 4 rings (SSSR count). The maximum Gasteiger partial charge on any atom is 0.240 e. The fourth-order valence-corrected chi connectivity index (χ4v) is 3.55. The number of ether oxygens (including phenoxy) is 1. The van der Waals surface area contributed by atoms with Crippen molar-refractivity contribution in [2.75, 3.05) is 13.7 Å². The van der Waals surface area contributed by atoms with Gasteiger partial charge in [0.1, 0.15) is 18.1 Å². The second kappa shape index (κ2) is 9.27. The maximum atomic E-state index is 12.7. The van der Waals surface area contributed by atoms with E-state index in [1.165, 1.54) is 5.56 Å². The number of carbonyl (C=O) groups is 1. The molecule has 1 amide bonds. The van der Waals surface area contributed by atoms with E-state index in [0.717, 1.165) is 34.6 Å². The number of carbonyl (C=O) groups excluding carboxylic acids is 1. The first-order chi connectivity index (χ1) is 14.7. The highest BCUT2D eigenvalue weighted by Gasteiger charge is 2.14. The second-order valence-corrected chi connectivity index (χ2v) is 7.21. The van der Waals surface area contributed by atoms with E-state index < -0.39 is 0 Å². The molecule has 5 nitrogen and oxygen atoms in total. The normalized spacial score (nSPS) is 10.8. The predicted molar refractivity (Wildman–Crippen MR) is 119 cm³/mol.